The molecule has 8 atom stereocenters. The van der Waals surface area contributed by atoms with Gasteiger partial charge in [0.1, 0.15) is 18.0 Å². The average Bonchev–Trinajstić information content (AvgIpc) is 2.99. The predicted octanol–water partition coefficient (Wildman–Crippen LogP) is 10.6. The van der Waals surface area contributed by atoms with Gasteiger partial charge < -0.3 is 32.6 Å². The fraction of sp³-hybridized carbons (Fsp3) is 0.810. The molecule has 0 spiro atoms. The molecule has 0 bridgehead atoms. The topological polar surface area (TPSA) is 75.6 Å². The van der Waals surface area contributed by atoms with E-state index in [0.29, 0.717) is 26.1 Å². The molecular formula is C42H78O7Si3. The lowest BCUT2D eigenvalue weighted by Gasteiger charge is -2.51. The SMILES string of the molecule is C#C[C@@H](OCc1ccc(OC)cc1)[C@@H](C)C[C@H](O)C[C@H](C)[C@@H]1O[C@H](CO[Si](C)(C)C(C)(C)C)[C@H](O[Si](C)(C)C(C)(C)C)C[C@@H]1O[Si](C)(C)C(C)(C)C. The number of methoxy groups -OCH3 is 1. The molecule has 0 saturated carbocycles. The molecular weight excluding hydrogens is 701 g/mol. The third-order valence-corrected chi connectivity index (χ3v) is 26.1. The third-order valence-electron chi connectivity index (χ3n) is 12.6. The van der Waals surface area contributed by atoms with Gasteiger partial charge in [-0.2, -0.15) is 0 Å². The van der Waals surface area contributed by atoms with Crippen LogP contribution in [0.25, 0.3) is 0 Å². The van der Waals surface area contributed by atoms with Crippen molar-refractivity contribution < 1.29 is 32.6 Å². The molecule has 1 heterocycles. The Morgan fingerprint density at radius 1 is 0.808 bits per heavy atom. The normalized spacial score (nSPS) is 23.4. The summed E-state index contributed by atoms with van der Waals surface area (Å²) in [6, 6.07) is 7.79. The fourth-order valence-electron chi connectivity index (χ4n) is 5.89. The van der Waals surface area contributed by atoms with Crippen molar-refractivity contribution in [2.75, 3.05) is 13.7 Å². The maximum absolute atomic E-state index is 11.6. The molecule has 1 fully saturated rings. The van der Waals surface area contributed by atoms with Gasteiger partial charge >= 0.3 is 0 Å². The molecule has 1 aliphatic rings. The molecule has 1 aliphatic heterocycles. The molecule has 0 aromatic heterocycles. The van der Waals surface area contributed by atoms with E-state index >= 15 is 0 Å². The van der Waals surface area contributed by atoms with E-state index in [1.54, 1.807) is 7.11 Å². The van der Waals surface area contributed by atoms with Crippen molar-refractivity contribution in [1.29, 1.82) is 0 Å². The van der Waals surface area contributed by atoms with Crippen molar-refractivity contribution in [3.8, 4) is 18.1 Å². The van der Waals surface area contributed by atoms with Crippen LogP contribution in [0.3, 0.4) is 0 Å². The van der Waals surface area contributed by atoms with Gasteiger partial charge in [0.15, 0.2) is 25.0 Å². The van der Waals surface area contributed by atoms with Crippen LogP contribution < -0.4 is 4.74 Å². The zero-order valence-corrected chi connectivity index (χ0v) is 39.4. The molecule has 300 valence electrons. The van der Waals surface area contributed by atoms with Crippen LogP contribution in [0.2, 0.25) is 54.4 Å². The van der Waals surface area contributed by atoms with Gasteiger partial charge in [0.2, 0.25) is 0 Å². The molecule has 0 radical (unpaired) electrons. The van der Waals surface area contributed by atoms with E-state index < -0.39 is 37.2 Å². The maximum Gasteiger partial charge on any atom is 0.192 e. The largest absolute Gasteiger partial charge is 0.497 e. The second kappa shape index (κ2) is 18.3. The van der Waals surface area contributed by atoms with Crippen LogP contribution in [0.4, 0.5) is 0 Å². The van der Waals surface area contributed by atoms with Crippen molar-refractivity contribution in [2.24, 2.45) is 11.8 Å². The summed E-state index contributed by atoms with van der Waals surface area (Å²) in [6.07, 6.45) is 6.02. The quantitative estimate of drug-likeness (QED) is 0.125. The molecule has 1 aromatic rings. The number of terminal acetylenes is 1. The summed E-state index contributed by atoms with van der Waals surface area (Å²) in [4.78, 5) is 0. The molecule has 2 rings (SSSR count). The zero-order valence-electron chi connectivity index (χ0n) is 36.4. The van der Waals surface area contributed by atoms with E-state index in [4.69, 9.17) is 33.9 Å². The Morgan fingerprint density at radius 2 is 1.31 bits per heavy atom. The van der Waals surface area contributed by atoms with Crippen molar-refractivity contribution >= 4 is 25.0 Å². The minimum Gasteiger partial charge on any atom is -0.497 e. The highest BCUT2D eigenvalue weighted by Gasteiger charge is 2.50. The van der Waals surface area contributed by atoms with Gasteiger partial charge in [-0.1, -0.05) is 94.2 Å². The standard InChI is InChI=1S/C42H78O7Si3/c1-20-35(45-28-32-21-23-34(44-13)24-22-32)30(2)25-33(43)26-31(3)39-37(49-52(18,19)42(10,11)12)27-36(48-51(16,17)41(7,8)9)38(47-39)29-46-50(14,15)40(4,5)6/h1,21-24,30-31,33,35-39,43H,25-29H2,2-19H3/t30-,31-,33-,35+,36+,37-,38+,39-/m0/s1. The molecule has 7 nitrogen and oxygen atoms in total. The number of hydrogen-bond donors (Lipinski definition) is 1. The second-order valence-corrected chi connectivity index (χ2v) is 34.4. The summed E-state index contributed by atoms with van der Waals surface area (Å²) < 4.78 is 39.9. The Kier molecular flexibility index (Phi) is 16.6. The highest BCUT2D eigenvalue weighted by molar-refractivity contribution is 6.75. The van der Waals surface area contributed by atoms with E-state index in [-0.39, 0.29) is 51.4 Å². The van der Waals surface area contributed by atoms with E-state index in [1.807, 2.05) is 24.3 Å². The minimum atomic E-state index is -2.19. The molecule has 52 heavy (non-hydrogen) atoms. The molecule has 0 amide bonds. The number of aliphatic hydroxyl groups excluding tert-OH is 1. The summed E-state index contributed by atoms with van der Waals surface area (Å²) in [5, 5.41) is 11.7. The Labute approximate surface area is 323 Å². The molecule has 10 heteroatoms. The molecule has 0 aliphatic carbocycles. The zero-order chi connectivity index (χ0) is 40.1. The first-order valence-corrected chi connectivity index (χ1v) is 28.3. The lowest BCUT2D eigenvalue weighted by atomic mass is 9.85. The molecule has 1 saturated heterocycles. The Hall–Kier alpha value is -1.01. The van der Waals surface area contributed by atoms with E-state index in [9.17, 15) is 5.11 Å². The van der Waals surface area contributed by atoms with Crippen molar-refractivity contribution in [3.05, 3.63) is 29.8 Å². The fourth-order valence-corrected chi connectivity index (χ4v) is 9.61. The number of benzene rings is 1. The van der Waals surface area contributed by atoms with Crippen LogP contribution in [0.5, 0.6) is 5.75 Å². The van der Waals surface area contributed by atoms with Crippen LogP contribution in [0.1, 0.15) is 101 Å². The van der Waals surface area contributed by atoms with E-state index in [2.05, 4.69) is 121 Å². The number of hydrogen-bond acceptors (Lipinski definition) is 7. The van der Waals surface area contributed by atoms with Crippen LogP contribution in [-0.2, 0) is 29.4 Å². The summed E-state index contributed by atoms with van der Waals surface area (Å²) in [5.41, 5.74) is 1.02. The smallest absolute Gasteiger partial charge is 0.192 e. The van der Waals surface area contributed by atoms with Crippen molar-refractivity contribution in [3.63, 3.8) is 0 Å². The minimum absolute atomic E-state index is 0.0191. The maximum atomic E-state index is 11.6. The first kappa shape index (κ1) is 47.1. The van der Waals surface area contributed by atoms with Crippen molar-refractivity contribution in [1.82, 2.24) is 0 Å². The van der Waals surface area contributed by atoms with Gasteiger partial charge in [0, 0.05) is 6.42 Å². The second-order valence-electron chi connectivity index (χ2n) is 20.1. The first-order chi connectivity index (χ1) is 23.5. The highest BCUT2D eigenvalue weighted by Crippen LogP contribution is 2.44. The average molecular weight is 779 g/mol. The molecule has 0 unspecified atom stereocenters. The van der Waals surface area contributed by atoms with Gasteiger partial charge in [0.25, 0.3) is 0 Å². The summed E-state index contributed by atoms with van der Waals surface area (Å²) in [5.74, 6) is 3.60. The van der Waals surface area contributed by atoms with Crippen LogP contribution in [0.15, 0.2) is 24.3 Å². The summed E-state index contributed by atoms with van der Waals surface area (Å²) in [6.45, 7) is 39.5. The van der Waals surface area contributed by atoms with Gasteiger partial charge in [-0.05, 0) is 96.8 Å². The molecule has 1 N–H and O–H groups in total. The number of ether oxygens (including phenoxy) is 3. The highest BCUT2D eigenvalue weighted by atomic mass is 28.4. The number of aliphatic hydroxyl groups is 1. The van der Waals surface area contributed by atoms with Crippen LogP contribution in [-0.4, -0.2) is 80.4 Å². The van der Waals surface area contributed by atoms with Gasteiger partial charge in [-0.15, -0.1) is 6.42 Å². The van der Waals surface area contributed by atoms with E-state index in [1.165, 1.54) is 0 Å². The van der Waals surface area contributed by atoms with Gasteiger partial charge in [0.05, 0.1) is 44.7 Å². The van der Waals surface area contributed by atoms with Crippen LogP contribution >= 0.6 is 0 Å². The third kappa shape index (κ3) is 13.0. The van der Waals surface area contributed by atoms with E-state index in [0.717, 1.165) is 17.7 Å². The van der Waals surface area contributed by atoms with Gasteiger partial charge in [-0.25, -0.2) is 0 Å². The molecule has 1 aromatic carbocycles. The number of rotatable bonds is 17. The van der Waals surface area contributed by atoms with Crippen LogP contribution in [0, 0.1) is 24.2 Å². The van der Waals surface area contributed by atoms with Crippen molar-refractivity contribution in [2.45, 2.75) is 193 Å². The predicted molar refractivity (Wildman–Crippen MR) is 225 cm³/mol. The Bertz CT molecular complexity index is 1270. The monoisotopic (exact) mass is 779 g/mol. The Morgan fingerprint density at radius 3 is 1.77 bits per heavy atom. The first-order valence-electron chi connectivity index (χ1n) is 19.6. The Balaban J connectivity index is 2.34. The van der Waals surface area contributed by atoms with Gasteiger partial charge in [-0.3, -0.25) is 0 Å². The summed E-state index contributed by atoms with van der Waals surface area (Å²) in [7, 11) is -4.74. The lowest BCUT2D eigenvalue weighted by Crippen LogP contribution is -2.60. The lowest BCUT2D eigenvalue weighted by molar-refractivity contribution is -0.187. The summed E-state index contributed by atoms with van der Waals surface area (Å²) >= 11 is 0.